The van der Waals surface area contributed by atoms with Gasteiger partial charge in [-0.15, -0.1) is 0 Å². The minimum atomic E-state index is -0.849. The summed E-state index contributed by atoms with van der Waals surface area (Å²) >= 11 is 0. The molecule has 1 saturated carbocycles. The van der Waals surface area contributed by atoms with Crippen molar-refractivity contribution in [3.05, 3.63) is 48.0 Å². The molecule has 1 aromatic carbocycles. The molecule has 1 aliphatic rings. The highest BCUT2D eigenvalue weighted by atomic mass is 16.3. The van der Waals surface area contributed by atoms with E-state index in [2.05, 4.69) is 29.1 Å². The lowest BCUT2D eigenvalue weighted by atomic mass is 9.82. The average molecular weight is 271 g/mol. The van der Waals surface area contributed by atoms with Crippen LogP contribution in [0.3, 0.4) is 0 Å². The molecule has 2 aromatic rings. The van der Waals surface area contributed by atoms with Crippen LogP contribution in [0.15, 0.2) is 36.9 Å². The highest BCUT2D eigenvalue weighted by Crippen LogP contribution is 2.42. The SMILES string of the molecule is Cc1ccc(C2(O)CCCCCC2n2cncn2)cc1. The summed E-state index contributed by atoms with van der Waals surface area (Å²) in [6, 6.07) is 8.19. The molecule has 0 radical (unpaired) electrons. The Hall–Kier alpha value is -1.68. The first-order valence-electron chi connectivity index (χ1n) is 7.34. The molecular weight excluding hydrogens is 250 g/mol. The molecular formula is C16H21N3O. The van der Waals surface area contributed by atoms with Crippen molar-refractivity contribution in [3.63, 3.8) is 0 Å². The molecule has 2 atom stereocenters. The second-order valence-electron chi connectivity index (χ2n) is 5.78. The molecule has 1 aromatic heterocycles. The molecule has 106 valence electrons. The Morgan fingerprint density at radius 1 is 1.20 bits per heavy atom. The van der Waals surface area contributed by atoms with Crippen molar-refractivity contribution in [1.29, 1.82) is 0 Å². The number of rotatable bonds is 2. The Bertz CT molecular complexity index is 550. The maximum Gasteiger partial charge on any atom is 0.137 e. The number of hydrogen-bond donors (Lipinski definition) is 1. The molecule has 0 amide bonds. The van der Waals surface area contributed by atoms with Crippen LogP contribution in [0.2, 0.25) is 0 Å². The van der Waals surface area contributed by atoms with Crippen LogP contribution in [0.25, 0.3) is 0 Å². The van der Waals surface area contributed by atoms with Gasteiger partial charge in [0.05, 0.1) is 6.04 Å². The molecule has 0 bridgehead atoms. The van der Waals surface area contributed by atoms with Crippen LogP contribution in [0.5, 0.6) is 0 Å². The van der Waals surface area contributed by atoms with Crippen LogP contribution in [0, 0.1) is 6.92 Å². The molecule has 1 heterocycles. The van der Waals surface area contributed by atoms with Crippen molar-refractivity contribution in [2.75, 3.05) is 0 Å². The van der Waals surface area contributed by atoms with E-state index in [1.54, 1.807) is 12.7 Å². The van der Waals surface area contributed by atoms with Crippen molar-refractivity contribution >= 4 is 0 Å². The summed E-state index contributed by atoms with van der Waals surface area (Å²) in [5.74, 6) is 0. The highest BCUT2D eigenvalue weighted by Gasteiger charge is 2.40. The van der Waals surface area contributed by atoms with E-state index in [9.17, 15) is 5.11 Å². The minimum absolute atomic E-state index is 0.0322. The van der Waals surface area contributed by atoms with Crippen molar-refractivity contribution in [2.24, 2.45) is 0 Å². The molecule has 3 rings (SSSR count). The van der Waals surface area contributed by atoms with Crippen LogP contribution in [-0.2, 0) is 5.60 Å². The standard InChI is InChI=1S/C16H21N3O/c1-13-6-8-14(9-7-13)16(20)10-4-2-3-5-15(16)19-12-17-11-18-19/h6-9,11-12,15,20H,2-5,10H2,1H3. The predicted octanol–water partition coefficient (Wildman–Crippen LogP) is 2.98. The summed E-state index contributed by atoms with van der Waals surface area (Å²) < 4.78 is 1.82. The van der Waals surface area contributed by atoms with Gasteiger partial charge in [0, 0.05) is 0 Å². The maximum absolute atomic E-state index is 11.4. The molecule has 0 spiro atoms. The number of nitrogens with zero attached hydrogens (tertiary/aromatic N) is 3. The highest BCUT2D eigenvalue weighted by molar-refractivity contribution is 5.28. The van der Waals surface area contributed by atoms with Gasteiger partial charge >= 0.3 is 0 Å². The Morgan fingerprint density at radius 3 is 2.70 bits per heavy atom. The first-order chi connectivity index (χ1) is 9.70. The summed E-state index contributed by atoms with van der Waals surface area (Å²) in [5.41, 5.74) is 1.35. The normalized spacial score (nSPS) is 27.2. The van der Waals surface area contributed by atoms with Crippen LogP contribution in [0.4, 0.5) is 0 Å². The van der Waals surface area contributed by atoms with Crippen LogP contribution < -0.4 is 0 Å². The van der Waals surface area contributed by atoms with Gasteiger partial charge in [-0.05, 0) is 25.3 Å². The zero-order valence-electron chi connectivity index (χ0n) is 11.9. The van der Waals surface area contributed by atoms with E-state index < -0.39 is 5.60 Å². The lowest BCUT2D eigenvalue weighted by Crippen LogP contribution is -2.36. The number of hydrogen-bond acceptors (Lipinski definition) is 3. The van der Waals surface area contributed by atoms with E-state index in [-0.39, 0.29) is 6.04 Å². The molecule has 1 aliphatic carbocycles. The van der Waals surface area contributed by atoms with Crippen molar-refractivity contribution < 1.29 is 5.11 Å². The Morgan fingerprint density at radius 2 is 2.00 bits per heavy atom. The summed E-state index contributed by atoms with van der Waals surface area (Å²) in [6.45, 7) is 2.07. The van der Waals surface area contributed by atoms with Gasteiger partial charge in [0.1, 0.15) is 18.3 Å². The van der Waals surface area contributed by atoms with Gasteiger partial charge in [-0.1, -0.05) is 49.1 Å². The second kappa shape index (κ2) is 5.37. The zero-order chi connectivity index (χ0) is 14.0. The van der Waals surface area contributed by atoms with E-state index in [0.29, 0.717) is 0 Å². The van der Waals surface area contributed by atoms with Crippen LogP contribution in [0.1, 0.15) is 49.3 Å². The van der Waals surface area contributed by atoms with E-state index in [0.717, 1.165) is 31.2 Å². The fourth-order valence-electron chi connectivity index (χ4n) is 3.22. The molecule has 2 unspecified atom stereocenters. The Balaban J connectivity index is 2.02. The van der Waals surface area contributed by atoms with Crippen LogP contribution in [-0.4, -0.2) is 19.9 Å². The van der Waals surface area contributed by atoms with Gasteiger partial charge in [0.2, 0.25) is 0 Å². The molecule has 1 N–H and O–H groups in total. The van der Waals surface area contributed by atoms with E-state index in [1.165, 1.54) is 12.0 Å². The molecule has 1 fully saturated rings. The van der Waals surface area contributed by atoms with E-state index >= 15 is 0 Å². The Labute approximate surface area is 119 Å². The van der Waals surface area contributed by atoms with Crippen molar-refractivity contribution in [1.82, 2.24) is 14.8 Å². The van der Waals surface area contributed by atoms with Crippen LogP contribution >= 0.6 is 0 Å². The summed E-state index contributed by atoms with van der Waals surface area (Å²) in [6.07, 6.45) is 8.32. The fourth-order valence-corrected chi connectivity index (χ4v) is 3.22. The lowest BCUT2D eigenvalue weighted by molar-refractivity contribution is -0.0286. The third-order valence-electron chi connectivity index (χ3n) is 4.39. The average Bonchev–Trinajstić information content (AvgIpc) is 2.90. The van der Waals surface area contributed by atoms with Gasteiger partial charge in [-0.3, -0.25) is 0 Å². The number of aliphatic hydroxyl groups is 1. The monoisotopic (exact) mass is 271 g/mol. The topological polar surface area (TPSA) is 50.9 Å². The largest absolute Gasteiger partial charge is 0.383 e. The molecule has 0 aliphatic heterocycles. The van der Waals surface area contributed by atoms with Gasteiger partial charge in [0.15, 0.2) is 0 Å². The van der Waals surface area contributed by atoms with Gasteiger partial charge in [-0.2, -0.15) is 5.10 Å². The molecule has 4 heteroatoms. The number of benzene rings is 1. The van der Waals surface area contributed by atoms with Gasteiger partial charge in [-0.25, -0.2) is 9.67 Å². The fraction of sp³-hybridized carbons (Fsp3) is 0.500. The number of aryl methyl sites for hydroxylation is 1. The smallest absolute Gasteiger partial charge is 0.137 e. The molecule has 0 saturated heterocycles. The number of aromatic nitrogens is 3. The second-order valence-corrected chi connectivity index (χ2v) is 5.78. The molecule has 4 nitrogen and oxygen atoms in total. The van der Waals surface area contributed by atoms with E-state index in [4.69, 9.17) is 0 Å². The third-order valence-corrected chi connectivity index (χ3v) is 4.39. The summed E-state index contributed by atoms with van der Waals surface area (Å²) in [4.78, 5) is 4.04. The predicted molar refractivity (Wildman–Crippen MR) is 77.2 cm³/mol. The van der Waals surface area contributed by atoms with Gasteiger partial charge < -0.3 is 5.11 Å². The quantitative estimate of drug-likeness (QED) is 0.854. The summed E-state index contributed by atoms with van der Waals surface area (Å²) in [5, 5.41) is 15.6. The van der Waals surface area contributed by atoms with E-state index in [1.807, 2.05) is 16.8 Å². The first kappa shape index (κ1) is 13.3. The zero-order valence-corrected chi connectivity index (χ0v) is 11.9. The summed E-state index contributed by atoms with van der Waals surface area (Å²) in [7, 11) is 0. The lowest BCUT2D eigenvalue weighted by Gasteiger charge is -2.35. The van der Waals surface area contributed by atoms with Gasteiger partial charge in [0.25, 0.3) is 0 Å². The molecule has 20 heavy (non-hydrogen) atoms. The first-order valence-corrected chi connectivity index (χ1v) is 7.34. The Kier molecular flexibility index (Phi) is 3.57. The third kappa shape index (κ3) is 2.36. The minimum Gasteiger partial charge on any atom is -0.383 e. The van der Waals surface area contributed by atoms with Crippen molar-refractivity contribution in [2.45, 2.75) is 50.7 Å². The van der Waals surface area contributed by atoms with Crippen molar-refractivity contribution in [3.8, 4) is 0 Å². The maximum atomic E-state index is 11.4.